The molecule has 1 fully saturated rings. The summed E-state index contributed by atoms with van der Waals surface area (Å²) in [7, 11) is 0. The number of hydrogen-bond acceptors (Lipinski definition) is 5. The Bertz CT molecular complexity index is 962. The number of piperazine rings is 1. The summed E-state index contributed by atoms with van der Waals surface area (Å²) in [6, 6.07) is 18.7. The molecule has 0 unspecified atom stereocenters. The molecule has 1 N–H and O–H groups in total. The van der Waals surface area contributed by atoms with Gasteiger partial charge in [0.15, 0.2) is 0 Å². The van der Waals surface area contributed by atoms with E-state index in [1.807, 2.05) is 6.07 Å². The first-order chi connectivity index (χ1) is 14.1. The second-order valence-electron chi connectivity index (χ2n) is 7.59. The van der Waals surface area contributed by atoms with Crippen molar-refractivity contribution >= 4 is 17.5 Å². The van der Waals surface area contributed by atoms with Crippen LogP contribution in [-0.4, -0.2) is 47.6 Å². The minimum Gasteiger partial charge on any atom is -0.354 e. The van der Waals surface area contributed by atoms with Crippen molar-refractivity contribution in [3.63, 3.8) is 0 Å². The quantitative estimate of drug-likeness (QED) is 0.691. The number of rotatable bonds is 5. The number of benzene rings is 2. The van der Waals surface area contributed by atoms with Gasteiger partial charge in [-0.05, 0) is 37.6 Å². The first-order valence-corrected chi connectivity index (χ1v) is 10.4. The van der Waals surface area contributed by atoms with Gasteiger partial charge in [-0.15, -0.1) is 0 Å². The maximum Gasteiger partial charge on any atom is 0.229 e. The summed E-state index contributed by atoms with van der Waals surface area (Å²) in [4.78, 5) is 14.6. The van der Waals surface area contributed by atoms with E-state index >= 15 is 0 Å². The molecule has 29 heavy (non-hydrogen) atoms. The second-order valence-corrected chi connectivity index (χ2v) is 7.59. The van der Waals surface area contributed by atoms with Crippen LogP contribution in [0.15, 0.2) is 54.6 Å². The van der Waals surface area contributed by atoms with E-state index in [4.69, 9.17) is 9.97 Å². The van der Waals surface area contributed by atoms with Gasteiger partial charge in [-0.2, -0.15) is 4.98 Å². The third-order valence-electron chi connectivity index (χ3n) is 5.78. The standard InChI is InChI=1S/C24H29N5/c1-4-28-13-15-29(16-14-28)23-17-22(20-10-6-5-7-11-20)26-24(27-23)25-21-12-8-9-18(2)19(21)3/h5-12,17H,4,13-16H2,1-3H3,(H,25,26,27). The normalized spacial score (nSPS) is 14.8. The summed E-state index contributed by atoms with van der Waals surface area (Å²) in [5, 5.41) is 3.46. The van der Waals surface area contributed by atoms with Crippen LogP contribution in [0.3, 0.4) is 0 Å². The Labute approximate surface area is 173 Å². The molecule has 0 spiro atoms. The molecular formula is C24H29N5. The second kappa shape index (κ2) is 8.62. The van der Waals surface area contributed by atoms with Gasteiger partial charge in [-0.3, -0.25) is 0 Å². The number of anilines is 3. The van der Waals surface area contributed by atoms with Crippen molar-refractivity contribution in [3.05, 3.63) is 65.7 Å². The highest BCUT2D eigenvalue weighted by Gasteiger charge is 2.19. The minimum atomic E-state index is 0.646. The van der Waals surface area contributed by atoms with Gasteiger partial charge in [0.1, 0.15) is 5.82 Å². The molecule has 0 saturated carbocycles. The van der Waals surface area contributed by atoms with Crippen LogP contribution in [0.4, 0.5) is 17.5 Å². The van der Waals surface area contributed by atoms with Crippen LogP contribution in [0, 0.1) is 13.8 Å². The lowest BCUT2D eigenvalue weighted by atomic mass is 10.1. The molecule has 3 aromatic rings. The molecule has 5 nitrogen and oxygen atoms in total. The lowest BCUT2D eigenvalue weighted by Gasteiger charge is -2.35. The zero-order valence-corrected chi connectivity index (χ0v) is 17.5. The SMILES string of the molecule is CCN1CCN(c2cc(-c3ccccc3)nc(Nc3cccc(C)c3C)n2)CC1. The van der Waals surface area contributed by atoms with Crippen molar-refractivity contribution < 1.29 is 0 Å². The van der Waals surface area contributed by atoms with Crippen LogP contribution >= 0.6 is 0 Å². The summed E-state index contributed by atoms with van der Waals surface area (Å²) in [5.74, 6) is 1.63. The molecule has 1 aromatic heterocycles. The number of nitrogens with one attached hydrogen (secondary N) is 1. The third kappa shape index (κ3) is 4.40. The highest BCUT2D eigenvalue weighted by Crippen LogP contribution is 2.27. The van der Waals surface area contributed by atoms with Gasteiger partial charge >= 0.3 is 0 Å². The minimum absolute atomic E-state index is 0.646. The molecule has 1 aliphatic rings. The van der Waals surface area contributed by atoms with E-state index in [1.54, 1.807) is 0 Å². The molecule has 0 atom stereocenters. The fraction of sp³-hybridized carbons (Fsp3) is 0.333. The molecule has 0 aliphatic carbocycles. The van der Waals surface area contributed by atoms with Crippen molar-refractivity contribution in [2.24, 2.45) is 0 Å². The van der Waals surface area contributed by atoms with E-state index in [1.165, 1.54) is 11.1 Å². The first kappa shape index (κ1) is 19.4. The van der Waals surface area contributed by atoms with Gasteiger partial charge < -0.3 is 15.1 Å². The maximum atomic E-state index is 4.88. The van der Waals surface area contributed by atoms with Crippen molar-refractivity contribution in [1.82, 2.24) is 14.9 Å². The lowest BCUT2D eigenvalue weighted by Crippen LogP contribution is -2.46. The summed E-state index contributed by atoms with van der Waals surface area (Å²) in [5.41, 5.74) is 5.58. The largest absolute Gasteiger partial charge is 0.354 e. The molecule has 2 aromatic carbocycles. The van der Waals surface area contributed by atoms with Crippen LogP contribution in [0.1, 0.15) is 18.1 Å². The molecule has 1 saturated heterocycles. The van der Waals surface area contributed by atoms with E-state index < -0.39 is 0 Å². The fourth-order valence-electron chi connectivity index (χ4n) is 3.71. The van der Waals surface area contributed by atoms with Gasteiger partial charge in [0.25, 0.3) is 0 Å². The summed E-state index contributed by atoms with van der Waals surface area (Å²) in [6.07, 6.45) is 0. The van der Waals surface area contributed by atoms with Crippen molar-refractivity contribution in [1.29, 1.82) is 0 Å². The molecule has 0 amide bonds. The van der Waals surface area contributed by atoms with E-state index in [2.05, 4.69) is 84.4 Å². The van der Waals surface area contributed by atoms with Crippen LogP contribution in [0.2, 0.25) is 0 Å². The smallest absolute Gasteiger partial charge is 0.229 e. The number of aromatic nitrogens is 2. The van der Waals surface area contributed by atoms with Gasteiger partial charge in [0.2, 0.25) is 5.95 Å². The molecule has 5 heteroatoms. The topological polar surface area (TPSA) is 44.3 Å². The predicted octanol–water partition coefficient (Wildman–Crippen LogP) is 4.65. The Hall–Kier alpha value is -2.92. The van der Waals surface area contributed by atoms with Gasteiger partial charge in [-0.1, -0.05) is 49.4 Å². The van der Waals surface area contributed by atoms with Gasteiger partial charge in [0, 0.05) is 43.5 Å². The van der Waals surface area contributed by atoms with Crippen LogP contribution in [-0.2, 0) is 0 Å². The third-order valence-corrected chi connectivity index (χ3v) is 5.78. The zero-order valence-electron chi connectivity index (χ0n) is 17.5. The van der Waals surface area contributed by atoms with E-state index in [0.717, 1.165) is 55.5 Å². The van der Waals surface area contributed by atoms with E-state index in [0.29, 0.717) is 5.95 Å². The molecule has 4 rings (SSSR count). The maximum absolute atomic E-state index is 4.88. The average molecular weight is 388 g/mol. The average Bonchev–Trinajstić information content (AvgIpc) is 2.77. The molecule has 2 heterocycles. The molecule has 0 bridgehead atoms. The van der Waals surface area contributed by atoms with Gasteiger partial charge in [-0.25, -0.2) is 4.98 Å². The van der Waals surface area contributed by atoms with Crippen molar-refractivity contribution in [2.75, 3.05) is 42.9 Å². The Morgan fingerprint density at radius 3 is 2.38 bits per heavy atom. The fourth-order valence-corrected chi connectivity index (χ4v) is 3.71. The summed E-state index contributed by atoms with van der Waals surface area (Å²) >= 11 is 0. The van der Waals surface area contributed by atoms with Crippen LogP contribution in [0.5, 0.6) is 0 Å². The summed E-state index contributed by atoms with van der Waals surface area (Å²) < 4.78 is 0. The Morgan fingerprint density at radius 2 is 1.66 bits per heavy atom. The number of aryl methyl sites for hydroxylation is 1. The van der Waals surface area contributed by atoms with Gasteiger partial charge in [0.05, 0.1) is 5.69 Å². The number of hydrogen-bond donors (Lipinski definition) is 1. The van der Waals surface area contributed by atoms with Crippen LogP contribution in [0.25, 0.3) is 11.3 Å². The van der Waals surface area contributed by atoms with E-state index in [-0.39, 0.29) is 0 Å². The molecule has 1 aliphatic heterocycles. The molecule has 0 radical (unpaired) electrons. The summed E-state index contributed by atoms with van der Waals surface area (Å²) in [6.45, 7) is 11.7. The number of nitrogens with zero attached hydrogens (tertiary/aromatic N) is 4. The monoisotopic (exact) mass is 387 g/mol. The van der Waals surface area contributed by atoms with Crippen LogP contribution < -0.4 is 10.2 Å². The lowest BCUT2D eigenvalue weighted by molar-refractivity contribution is 0.270. The Morgan fingerprint density at radius 1 is 0.897 bits per heavy atom. The first-order valence-electron chi connectivity index (χ1n) is 10.4. The molecular weight excluding hydrogens is 358 g/mol. The van der Waals surface area contributed by atoms with E-state index in [9.17, 15) is 0 Å². The zero-order chi connectivity index (χ0) is 20.2. The highest BCUT2D eigenvalue weighted by molar-refractivity contribution is 5.68. The van der Waals surface area contributed by atoms with Crippen molar-refractivity contribution in [2.45, 2.75) is 20.8 Å². The highest BCUT2D eigenvalue weighted by atomic mass is 15.3. The molecule has 150 valence electrons. The van der Waals surface area contributed by atoms with Crippen molar-refractivity contribution in [3.8, 4) is 11.3 Å². The Balaban J connectivity index is 1.69. The number of likely N-dealkylation sites (N-methyl/N-ethyl adjacent to an activating group) is 1. The Kier molecular flexibility index (Phi) is 5.76. The predicted molar refractivity (Wildman–Crippen MR) is 121 cm³/mol.